The van der Waals surface area contributed by atoms with E-state index in [9.17, 15) is 5.11 Å². The summed E-state index contributed by atoms with van der Waals surface area (Å²) >= 11 is 0. The third-order valence-electron chi connectivity index (χ3n) is 2.79. The van der Waals surface area contributed by atoms with Gasteiger partial charge in [0.1, 0.15) is 5.82 Å². The van der Waals surface area contributed by atoms with Crippen LogP contribution in [0.4, 0.5) is 0 Å². The molecule has 1 heterocycles. The largest absolute Gasteiger partial charge is 0.395 e. The Labute approximate surface area is 97.7 Å². The van der Waals surface area contributed by atoms with Gasteiger partial charge in [-0.2, -0.15) is 0 Å². The van der Waals surface area contributed by atoms with Crippen molar-refractivity contribution in [3.05, 3.63) is 18.2 Å². The maximum absolute atomic E-state index is 9.21. The highest BCUT2D eigenvalue weighted by Crippen LogP contribution is 2.04. The SMILES string of the molecule is CCCn1ccnc1CN[C@H](CO)C(C)C. The number of nitrogens with zero attached hydrogens (tertiary/aromatic N) is 2. The first-order valence-electron chi connectivity index (χ1n) is 6.03. The van der Waals surface area contributed by atoms with Gasteiger partial charge in [0, 0.05) is 25.0 Å². The van der Waals surface area contributed by atoms with E-state index in [-0.39, 0.29) is 12.6 Å². The molecule has 0 fully saturated rings. The van der Waals surface area contributed by atoms with Gasteiger partial charge >= 0.3 is 0 Å². The number of imidazole rings is 1. The molecule has 1 atom stereocenters. The Morgan fingerprint density at radius 3 is 2.81 bits per heavy atom. The van der Waals surface area contributed by atoms with Gasteiger partial charge in [-0.1, -0.05) is 20.8 Å². The Morgan fingerprint density at radius 1 is 1.50 bits per heavy atom. The van der Waals surface area contributed by atoms with Crippen LogP contribution in [0, 0.1) is 5.92 Å². The molecule has 0 unspecified atom stereocenters. The minimum atomic E-state index is 0.145. The van der Waals surface area contributed by atoms with E-state index in [0.717, 1.165) is 25.3 Å². The van der Waals surface area contributed by atoms with E-state index in [0.29, 0.717) is 5.92 Å². The molecular weight excluding hydrogens is 202 g/mol. The normalized spacial score (nSPS) is 13.3. The molecule has 2 N–H and O–H groups in total. The van der Waals surface area contributed by atoms with Gasteiger partial charge in [0.2, 0.25) is 0 Å². The van der Waals surface area contributed by atoms with Crippen molar-refractivity contribution >= 4 is 0 Å². The topological polar surface area (TPSA) is 50.1 Å². The molecule has 0 aliphatic rings. The highest BCUT2D eigenvalue weighted by molar-refractivity contribution is 4.92. The predicted molar refractivity (Wildman–Crippen MR) is 65.1 cm³/mol. The van der Waals surface area contributed by atoms with Gasteiger partial charge in [0.25, 0.3) is 0 Å². The highest BCUT2D eigenvalue weighted by atomic mass is 16.3. The molecule has 0 saturated heterocycles. The Kier molecular flexibility index (Phi) is 5.49. The lowest BCUT2D eigenvalue weighted by Gasteiger charge is -2.20. The second-order valence-corrected chi connectivity index (χ2v) is 4.45. The Bertz CT molecular complexity index is 296. The van der Waals surface area contributed by atoms with Gasteiger partial charge in [0.15, 0.2) is 0 Å². The maximum Gasteiger partial charge on any atom is 0.122 e. The molecule has 0 saturated carbocycles. The van der Waals surface area contributed by atoms with E-state index in [1.165, 1.54) is 0 Å². The third-order valence-corrected chi connectivity index (χ3v) is 2.79. The molecule has 1 aromatic rings. The average molecular weight is 225 g/mol. The summed E-state index contributed by atoms with van der Waals surface area (Å²) in [5, 5.41) is 12.5. The van der Waals surface area contributed by atoms with Crippen LogP contribution in [0.1, 0.15) is 33.0 Å². The molecular formula is C12H23N3O. The number of aryl methyl sites for hydroxylation is 1. The molecule has 0 aromatic carbocycles. The molecule has 0 aliphatic heterocycles. The molecule has 4 heteroatoms. The molecule has 0 amide bonds. The standard InChI is InChI=1S/C12H23N3O/c1-4-6-15-7-5-13-12(15)8-14-11(9-16)10(2)3/h5,7,10-11,14,16H,4,6,8-9H2,1-3H3/t11-/m1/s1. The average Bonchev–Trinajstić information content (AvgIpc) is 2.67. The van der Waals surface area contributed by atoms with E-state index >= 15 is 0 Å². The second kappa shape index (κ2) is 6.66. The summed E-state index contributed by atoms with van der Waals surface area (Å²) < 4.78 is 2.15. The van der Waals surface area contributed by atoms with E-state index in [2.05, 4.69) is 35.6 Å². The molecule has 1 aromatic heterocycles. The molecule has 0 spiro atoms. The lowest BCUT2D eigenvalue weighted by atomic mass is 10.1. The van der Waals surface area contributed by atoms with Crippen LogP contribution >= 0.6 is 0 Å². The lowest BCUT2D eigenvalue weighted by molar-refractivity contribution is 0.209. The number of hydrogen-bond acceptors (Lipinski definition) is 3. The van der Waals surface area contributed by atoms with E-state index in [1.807, 2.05) is 12.4 Å². The predicted octanol–water partition coefficient (Wildman–Crippen LogP) is 1.40. The van der Waals surface area contributed by atoms with Crippen LogP contribution in [0.5, 0.6) is 0 Å². The fourth-order valence-corrected chi connectivity index (χ4v) is 1.69. The van der Waals surface area contributed by atoms with Crippen molar-refractivity contribution in [1.29, 1.82) is 0 Å². The van der Waals surface area contributed by atoms with Crippen LogP contribution in [0.25, 0.3) is 0 Å². The van der Waals surface area contributed by atoms with Crippen molar-refractivity contribution < 1.29 is 5.11 Å². The Morgan fingerprint density at radius 2 is 2.25 bits per heavy atom. The molecule has 4 nitrogen and oxygen atoms in total. The van der Waals surface area contributed by atoms with Gasteiger partial charge < -0.3 is 15.0 Å². The fourth-order valence-electron chi connectivity index (χ4n) is 1.69. The minimum absolute atomic E-state index is 0.145. The number of aromatic nitrogens is 2. The Hall–Kier alpha value is -0.870. The summed E-state index contributed by atoms with van der Waals surface area (Å²) in [5.41, 5.74) is 0. The third kappa shape index (κ3) is 3.61. The molecule has 92 valence electrons. The summed E-state index contributed by atoms with van der Waals surface area (Å²) in [6.07, 6.45) is 4.94. The summed E-state index contributed by atoms with van der Waals surface area (Å²) in [4.78, 5) is 4.32. The number of hydrogen-bond donors (Lipinski definition) is 2. The van der Waals surface area contributed by atoms with Crippen molar-refractivity contribution in [2.45, 2.75) is 46.3 Å². The maximum atomic E-state index is 9.21. The molecule has 0 aliphatic carbocycles. The summed E-state index contributed by atoms with van der Waals surface area (Å²) in [7, 11) is 0. The second-order valence-electron chi connectivity index (χ2n) is 4.45. The zero-order valence-electron chi connectivity index (χ0n) is 10.5. The van der Waals surface area contributed by atoms with Gasteiger partial charge in [0.05, 0.1) is 13.2 Å². The van der Waals surface area contributed by atoms with Gasteiger partial charge in [-0.15, -0.1) is 0 Å². The number of rotatable bonds is 7. The van der Waals surface area contributed by atoms with Crippen molar-refractivity contribution in [1.82, 2.24) is 14.9 Å². The first-order valence-corrected chi connectivity index (χ1v) is 6.03. The first kappa shape index (κ1) is 13.2. The van der Waals surface area contributed by atoms with Crippen molar-refractivity contribution in [2.24, 2.45) is 5.92 Å². The van der Waals surface area contributed by atoms with Crippen LogP contribution in [0.15, 0.2) is 12.4 Å². The number of nitrogens with one attached hydrogen (secondary N) is 1. The van der Waals surface area contributed by atoms with E-state index in [1.54, 1.807) is 0 Å². The zero-order chi connectivity index (χ0) is 12.0. The minimum Gasteiger partial charge on any atom is -0.395 e. The quantitative estimate of drug-likeness (QED) is 0.737. The van der Waals surface area contributed by atoms with Crippen molar-refractivity contribution in [3.63, 3.8) is 0 Å². The first-order chi connectivity index (χ1) is 7.69. The molecule has 1 rings (SSSR count). The van der Waals surface area contributed by atoms with Gasteiger partial charge in [-0.05, 0) is 12.3 Å². The summed E-state index contributed by atoms with van der Waals surface area (Å²) in [6.45, 7) is 8.26. The van der Waals surface area contributed by atoms with Gasteiger partial charge in [-0.25, -0.2) is 4.98 Å². The zero-order valence-corrected chi connectivity index (χ0v) is 10.5. The number of aliphatic hydroxyl groups excluding tert-OH is 1. The molecule has 16 heavy (non-hydrogen) atoms. The van der Waals surface area contributed by atoms with E-state index < -0.39 is 0 Å². The molecule has 0 radical (unpaired) electrons. The van der Waals surface area contributed by atoms with Crippen LogP contribution in [0.3, 0.4) is 0 Å². The van der Waals surface area contributed by atoms with Crippen LogP contribution in [-0.2, 0) is 13.1 Å². The highest BCUT2D eigenvalue weighted by Gasteiger charge is 2.12. The fraction of sp³-hybridized carbons (Fsp3) is 0.750. The van der Waals surface area contributed by atoms with Crippen molar-refractivity contribution in [3.8, 4) is 0 Å². The van der Waals surface area contributed by atoms with E-state index in [4.69, 9.17) is 0 Å². The summed E-state index contributed by atoms with van der Waals surface area (Å²) in [6, 6.07) is 0.145. The smallest absolute Gasteiger partial charge is 0.122 e. The lowest BCUT2D eigenvalue weighted by Crippen LogP contribution is -2.37. The summed E-state index contributed by atoms with van der Waals surface area (Å²) in [5.74, 6) is 1.47. The Balaban J connectivity index is 2.49. The van der Waals surface area contributed by atoms with Crippen LogP contribution in [0.2, 0.25) is 0 Å². The van der Waals surface area contributed by atoms with Crippen LogP contribution < -0.4 is 5.32 Å². The molecule has 0 bridgehead atoms. The monoisotopic (exact) mass is 225 g/mol. The van der Waals surface area contributed by atoms with Gasteiger partial charge in [-0.3, -0.25) is 0 Å². The van der Waals surface area contributed by atoms with Crippen LogP contribution in [-0.4, -0.2) is 27.3 Å². The number of aliphatic hydroxyl groups is 1. The van der Waals surface area contributed by atoms with Crippen molar-refractivity contribution in [2.75, 3.05) is 6.61 Å².